The van der Waals surface area contributed by atoms with E-state index in [1.54, 1.807) is 24.5 Å². The van der Waals surface area contributed by atoms with Gasteiger partial charge in [0.15, 0.2) is 0 Å². The maximum Gasteiger partial charge on any atom is 0.311 e. The largest absolute Gasteiger partial charge is 0.460 e. The van der Waals surface area contributed by atoms with Gasteiger partial charge in [-0.15, -0.1) is 0 Å². The summed E-state index contributed by atoms with van der Waals surface area (Å²) in [6.07, 6.45) is 14.1. The van der Waals surface area contributed by atoms with E-state index in [1.807, 2.05) is 64.2 Å². The summed E-state index contributed by atoms with van der Waals surface area (Å²) >= 11 is 0. The quantitative estimate of drug-likeness (QED) is 0.0664. The molecule has 0 unspecified atom stereocenters. The zero-order valence-corrected chi connectivity index (χ0v) is 27.5. The van der Waals surface area contributed by atoms with Crippen molar-refractivity contribution >= 4 is 34.8 Å². The Hall–Kier alpha value is -3.98. The molecule has 9 nitrogen and oxygen atoms in total. The highest BCUT2D eigenvalue weighted by Gasteiger charge is 2.25. The van der Waals surface area contributed by atoms with E-state index in [0.717, 1.165) is 55.1 Å². The smallest absolute Gasteiger partial charge is 0.311 e. The Morgan fingerprint density at radius 1 is 0.956 bits per heavy atom. The van der Waals surface area contributed by atoms with E-state index in [-0.39, 0.29) is 24.3 Å². The molecule has 0 aliphatic carbocycles. The molecular weight excluding hydrogens is 570 g/mol. The van der Waals surface area contributed by atoms with E-state index in [4.69, 9.17) is 14.2 Å². The standard InChI is InChI=1S/C36H49N3O6/c1-6-35(2,3)43-25-20-36(4,5)45-34(42)18-17-33(41)44-30-14-15-31-29(26-30)19-24-39(31)23-10-8-7-9-22-38-32(40)16-13-28-12-11-21-37-27-28/h11-16,19,21,24,26-27H,6-10,17-18,20,22-23,25H2,1-5H3,(H,38,40)/b16-13+. The second-order valence-electron chi connectivity index (χ2n) is 12.5. The van der Waals surface area contributed by atoms with Crippen LogP contribution in [0.1, 0.15) is 91.5 Å². The molecule has 0 fully saturated rings. The molecule has 3 rings (SSSR count). The third-order valence-electron chi connectivity index (χ3n) is 7.68. The summed E-state index contributed by atoms with van der Waals surface area (Å²) < 4.78 is 19.2. The molecule has 0 aliphatic heterocycles. The van der Waals surface area contributed by atoms with Crippen molar-refractivity contribution in [3.63, 3.8) is 0 Å². The van der Waals surface area contributed by atoms with Crippen LogP contribution in [0.25, 0.3) is 17.0 Å². The maximum atomic E-state index is 12.4. The van der Waals surface area contributed by atoms with Crippen molar-refractivity contribution in [1.29, 1.82) is 0 Å². The van der Waals surface area contributed by atoms with Gasteiger partial charge in [-0.1, -0.05) is 25.8 Å². The molecule has 45 heavy (non-hydrogen) atoms. The number of ether oxygens (including phenoxy) is 3. The first-order valence-electron chi connectivity index (χ1n) is 16.0. The number of aryl methyl sites for hydroxylation is 1. The number of rotatable bonds is 19. The molecule has 0 aliphatic rings. The van der Waals surface area contributed by atoms with Crippen LogP contribution in [0.5, 0.6) is 5.75 Å². The molecule has 2 aromatic heterocycles. The van der Waals surface area contributed by atoms with Gasteiger partial charge in [-0.25, -0.2) is 0 Å². The maximum absolute atomic E-state index is 12.4. The zero-order valence-electron chi connectivity index (χ0n) is 27.5. The van der Waals surface area contributed by atoms with E-state index >= 15 is 0 Å². The number of benzene rings is 1. The zero-order chi connectivity index (χ0) is 32.7. The van der Waals surface area contributed by atoms with Crippen LogP contribution < -0.4 is 10.1 Å². The highest BCUT2D eigenvalue weighted by atomic mass is 16.6. The summed E-state index contributed by atoms with van der Waals surface area (Å²) in [5.74, 6) is -0.555. The molecule has 1 aromatic carbocycles. The molecule has 0 bridgehead atoms. The average molecular weight is 620 g/mol. The SMILES string of the molecule is CCC(C)(C)OCCC(C)(C)OC(=O)CCC(=O)Oc1ccc2c(ccn2CCCCCCNC(=O)/C=C/c2cccnc2)c1. The van der Waals surface area contributed by atoms with Crippen LogP contribution in [0.3, 0.4) is 0 Å². The number of carbonyl (C=O) groups is 3. The van der Waals surface area contributed by atoms with Crippen LogP contribution in [0, 0.1) is 0 Å². The Bertz CT molecular complexity index is 1410. The van der Waals surface area contributed by atoms with Crippen molar-refractivity contribution in [1.82, 2.24) is 14.9 Å². The van der Waals surface area contributed by atoms with E-state index in [1.165, 1.54) is 6.08 Å². The number of amides is 1. The number of hydrogen-bond donors (Lipinski definition) is 1. The van der Waals surface area contributed by atoms with E-state index in [0.29, 0.717) is 25.3 Å². The molecule has 3 aromatic rings. The Morgan fingerprint density at radius 2 is 1.73 bits per heavy atom. The minimum absolute atomic E-state index is 0.0439. The molecule has 0 spiro atoms. The number of carbonyl (C=O) groups excluding carboxylic acids is 3. The Kier molecular flexibility index (Phi) is 13.8. The summed E-state index contributed by atoms with van der Waals surface area (Å²) in [6, 6.07) is 11.3. The van der Waals surface area contributed by atoms with Crippen LogP contribution in [-0.4, -0.2) is 51.8 Å². The molecule has 244 valence electrons. The van der Waals surface area contributed by atoms with Gasteiger partial charge in [-0.3, -0.25) is 19.4 Å². The number of pyridine rings is 1. The van der Waals surface area contributed by atoms with Gasteiger partial charge in [0, 0.05) is 55.1 Å². The molecule has 1 N–H and O–H groups in total. The van der Waals surface area contributed by atoms with Crippen LogP contribution in [0.2, 0.25) is 0 Å². The lowest BCUT2D eigenvalue weighted by Gasteiger charge is -2.28. The summed E-state index contributed by atoms with van der Waals surface area (Å²) in [7, 11) is 0. The predicted octanol–water partition coefficient (Wildman–Crippen LogP) is 7.03. The summed E-state index contributed by atoms with van der Waals surface area (Å²) in [4.78, 5) is 40.8. The Labute approximate surface area is 267 Å². The van der Waals surface area contributed by atoms with Crippen molar-refractivity contribution < 1.29 is 28.6 Å². The van der Waals surface area contributed by atoms with Gasteiger partial charge in [0.1, 0.15) is 11.4 Å². The first kappa shape index (κ1) is 35.5. The van der Waals surface area contributed by atoms with Gasteiger partial charge in [0.05, 0.1) is 25.0 Å². The van der Waals surface area contributed by atoms with E-state index in [2.05, 4.69) is 21.8 Å². The van der Waals surface area contributed by atoms with E-state index < -0.39 is 17.5 Å². The second kappa shape index (κ2) is 17.5. The third kappa shape index (κ3) is 13.3. The highest BCUT2D eigenvalue weighted by Crippen LogP contribution is 2.24. The number of fused-ring (bicyclic) bond motifs is 1. The van der Waals surface area contributed by atoms with Crippen LogP contribution in [0.15, 0.2) is 61.1 Å². The third-order valence-corrected chi connectivity index (χ3v) is 7.68. The van der Waals surface area contributed by atoms with Gasteiger partial charge in [0.2, 0.25) is 5.91 Å². The average Bonchev–Trinajstić information content (AvgIpc) is 3.40. The fraction of sp³-hybridized carbons (Fsp3) is 0.500. The molecule has 1 amide bonds. The van der Waals surface area contributed by atoms with Crippen molar-refractivity contribution in [2.45, 2.75) is 104 Å². The number of nitrogens with zero attached hydrogens (tertiary/aromatic N) is 2. The van der Waals surface area contributed by atoms with Gasteiger partial charge in [0.25, 0.3) is 0 Å². The lowest BCUT2D eigenvalue weighted by Crippen LogP contribution is -2.32. The fourth-order valence-electron chi connectivity index (χ4n) is 4.59. The minimum atomic E-state index is -0.681. The van der Waals surface area contributed by atoms with Gasteiger partial charge in [-0.05, 0) is 88.9 Å². The van der Waals surface area contributed by atoms with Crippen molar-refractivity contribution in [3.8, 4) is 5.75 Å². The number of aromatic nitrogens is 2. The second-order valence-corrected chi connectivity index (χ2v) is 12.5. The number of unbranched alkanes of at least 4 members (excludes halogenated alkanes) is 3. The monoisotopic (exact) mass is 619 g/mol. The van der Waals surface area contributed by atoms with Crippen LogP contribution in [-0.2, 0) is 30.4 Å². The van der Waals surface area contributed by atoms with Crippen molar-refractivity contribution in [3.05, 3.63) is 66.6 Å². The number of nitrogens with one attached hydrogen (secondary N) is 1. The van der Waals surface area contributed by atoms with Gasteiger partial charge in [-0.2, -0.15) is 0 Å². The summed E-state index contributed by atoms with van der Waals surface area (Å²) in [5, 5.41) is 3.90. The first-order valence-corrected chi connectivity index (χ1v) is 16.0. The summed E-state index contributed by atoms with van der Waals surface area (Å²) in [5.41, 5.74) is 1.07. The minimum Gasteiger partial charge on any atom is -0.460 e. The Morgan fingerprint density at radius 3 is 2.49 bits per heavy atom. The number of hydrogen-bond acceptors (Lipinski definition) is 7. The van der Waals surface area contributed by atoms with Gasteiger partial charge >= 0.3 is 11.9 Å². The lowest BCUT2D eigenvalue weighted by molar-refractivity contribution is -0.160. The molecule has 0 saturated carbocycles. The molecule has 0 atom stereocenters. The molecule has 0 saturated heterocycles. The van der Waals surface area contributed by atoms with Crippen molar-refractivity contribution in [2.75, 3.05) is 13.2 Å². The molecule has 0 radical (unpaired) electrons. The van der Waals surface area contributed by atoms with E-state index in [9.17, 15) is 14.4 Å². The highest BCUT2D eigenvalue weighted by molar-refractivity contribution is 5.91. The number of esters is 2. The topological polar surface area (TPSA) is 109 Å². The molecule has 9 heteroatoms. The van der Waals surface area contributed by atoms with Crippen LogP contribution >= 0.6 is 0 Å². The lowest BCUT2D eigenvalue weighted by atomic mass is 10.0. The molecular formula is C36H49N3O6. The van der Waals surface area contributed by atoms with Gasteiger partial charge < -0.3 is 24.1 Å². The predicted molar refractivity (Wildman–Crippen MR) is 177 cm³/mol. The van der Waals surface area contributed by atoms with Crippen molar-refractivity contribution in [2.24, 2.45) is 0 Å². The normalized spacial score (nSPS) is 12.0. The molecule has 2 heterocycles. The summed E-state index contributed by atoms with van der Waals surface area (Å²) in [6.45, 7) is 11.8. The Balaban J connectivity index is 1.32. The van der Waals surface area contributed by atoms with Crippen LogP contribution in [0.4, 0.5) is 0 Å². The fourth-order valence-corrected chi connectivity index (χ4v) is 4.59. The first-order chi connectivity index (χ1) is 21.5.